The number of anilines is 1. The Morgan fingerprint density at radius 2 is 2.32 bits per heavy atom. The molecule has 0 aliphatic rings. The van der Waals surface area contributed by atoms with E-state index >= 15 is 0 Å². The zero-order valence-corrected chi connectivity index (χ0v) is 11.4. The van der Waals surface area contributed by atoms with Crippen molar-refractivity contribution in [2.45, 2.75) is 13.0 Å². The van der Waals surface area contributed by atoms with Crippen LogP contribution in [-0.4, -0.2) is 24.0 Å². The van der Waals surface area contributed by atoms with Crippen LogP contribution in [0.5, 0.6) is 5.75 Å². The molecule has 0 aliphatic carbocycles. The first-order valence-electron chi connectivity index (χ1n) is 5.67. The first-order valence-corrected chi connectivity index (χ1v) is 6.55. The molecule has 0 aliphatic heterocycles. The maximum atomic E-state index is 13.0. The number of benzene rings is 1. The number of carbonyl (C=O) groups is 1. The Balaban J connectivity index is 2.03. The van der Waals surface area contributed by atoms with Crippen molar-refractivity contribution in [1.29, 1.82) is 0 Å². The highest BCUT2D eigenvalue weighted by Crippen LogP contribution is 2.19. The van der Waals surface area contributed by atoms with E-state index in [9.17, 15) is 9.18 Å². The van der Waals surface area contributed by atoms with E-state index in [1.807, 2.05) is 0 Å². The van der Waals surface area contributed by atoms with Gasteiger partial charge in [0.25, 0.3) is 5.91 Å². The largest absolute Gasteiger partial charge is 0.481 e. The van der Waals surface area contributed by atoms with Gasteiger partial charge in [0.1, 0.15) is 11.6 Å². The van der Waals surface area contributed by atoms with E-state index in [4.69, 9.17) is 4.74 Å². The minimum absolute atomic E-state index is 0.237. The number of halogens is 1. The molecule has 1 atom stereocenters. The fourth-order valence-corrected chi connectivity index (χ4v) is 2.16. The standard InChI is InChI=1S/C13H13FN2O2S/c1-9(18-11-5-3-4-10(14)8-11)12(17)16(2)13-15-6-7-19-13/h3-9H,1-2H3. The molecule has 19 heavy (non-hydrogen) atoms. The molecule has 6 heteroatoms. The van der Waals surface area contributed by atoms with Gasteiger partial charge in [0.05, 0.1) is 0 Å². The number of hydrogen-bond donors (Lipinski definition) is 0. The highest BCUT2D eigenvalue weighted by molar-refractivity contribution is 7.13. The van der Waals surface area contributed by atoms with Crippen LogP contribution in [0.4, 0.5) is 9.52 Å². The van der Waals surface area contributed by atoms with Crippen LogP contribution in [0.25, 0.3) is 0 Å². The number of rotatable bonds is 4. The van der Waals surface area contributed by atoms with E-state index in [0.29, 0.717) is 10.9 Å². The molecule has 0 radical (unpaired) electrons. The van der Waals surface area contributed by atoms with Gasteiger partial charge in [-0.3, -0.25) is 9.69 Å². The van der Waals surface area contributed by atoms with Crippen LogP contribution >= 0.6 is 11.3 Å². The molecule has 1 heterocycles. The summed E-state index contributed by atoms with van der Waals surface area (Å²) in [5.41, 5.74) is 0. The normalized spacial score (nSPS) is 11.9. The van der Waals surface area contributed by atoms with Crippen molar-refractivity contribution in [2.75, 3.05) is 11.9 Å². The molecule has 2 rings (SSSR count). The van der Waals surface area contributed by atoms with Crippen LogP contribution in [0.3, 0.4) is 0 Å². The summed E-state index contributed by atoms with van der Waals surface area (Å²) in [6.45, 7) is 1.62. The number of ether oxygens (including phenoxy) is 1. The van der Waals surface area contributed by atoms with Crippen molar-refractivity contribution < 1.29 is 13.9 Å². The molecule has 0 spiro atoms. The van der Waals surface area contributed by atoms with Crippen molar-refractivity contribution in [3.8, 4) is 5.75 Å². The molecular formula is C13H13FN2O2S. The van der Waals surface area contributed by atoms with Crippen molar-refractivity contribution in [3.05, 3.63) is 41.7 Å². The quantitative estimate of drug-likeness (QED) is 0.864. The molecule has 4 nitrogen and oxygen atoms in total. The molecule has 1 aromatic carbocycles. The van der Waals surface area contributed by atoms with Gasteiger partial charge in [-0.05, 0) is 19.1 Å². The number of hydrogen-bond acceptors (Lipinski definition) is 4. The third-order valence-electron chi connectivity index (χ3n) is 2.49. The van der Waals surface area contributed by atoms with E-state index in [2.05, 4.69) is 4.98 Å². The Morgan fingerprint density at radius 3 is 2.95 bits per heavy atom. The lowest BCUT2D eigenvalue weighted by molar-refractivity contribution is -0.124. The van der Waals surface area contributed by atoms with Crippen LogP contribution in [-0.2, 0) is 4.79 Å². The van der Waals surface area contributed by atoms with Gasteiger partial charge in [0.2, 0.25) is 0 Å². The second-order valence-corrected chi connectivity index (χ2v) is 4.80. The monoisotopic (exact) mass is 280 g/mol. The molecule has 0 bridgehead atoms. The average Bonchev–Trinajstić information content (AvgIpc) is 2.90. The number of amides is 1. The van der Waals surface area contributed by atoms with Gasteiger partial charge in [-0.1, -0.05) is 6.07 Å². The van der Waals surface area contributed by atoms with E-state index in [0.717, 1.165) is 0 Å². The fraction of sp³-hybridized carbons (Fsp3) is 0.231. The number of thiazole rings is 1. The number of carbonyl (C=O) groups excluding carboxylic acids is 1. The topological polar surface area (TPSA) is 42.4 Å². The van der Waals surface area contributed by atoms with Crippen molar-refractivity contribution in [2.24, 2.45) is 0 Å². The lowest BCUT2D eigenvalue weighted by Crippen LogP contribution is -2.37. The molecule has 2 aromatic rings. The van der Waals surface area contributed by atoms with Gasteiger partial charge >= 0.3 is 0 Å². The highest BCUT2D eigenvalue weighted by atomic mass is 32.1. The SMILES string of the molecule is CC(Oc1cccc(F)c1)C(=O)N(C)c1nccs1. The summed E-state index contributed by atoms with van der Waals surface area (Å²) in [5.74, 6) is -0.307. The van der Waals surface area contributed by atoms with Crippen molar-refractivity contribution in [1.82, 2.24) is 4.98 Å². The van der Waals surface area contributed by atoms with Crippen LogP contribution < -0.4 is 9.64 Å². The van der Waals surface area contributed by atoms with Gasteiger partial charge in [0.15, 0.2) is 11.2 Å². The third kappa shape index (κ3) is 3.29. The summed E-state index contributed by atoms with van der Waals surface area (Å²) >= 11 is 1.36. The second-order valence-electron chi connectivity index (χ2n) is 3.93. The predicted octanol–water partition coefficient (Wildman–Crippen LogP) is 2.71. The van der Waals surface area contributed by atoms with Crippen LogP contribution in [0, 0.1) is 5.82 Å². The Kier molecular flexibility index (Phi) is 4.11. The Morgan fingerprint density at radius 1 is 1.53 bits per heavy atom. The molecule has 100 valence electrons. The maximum Gasteiger partial charge on any atom is 0.269 e. The summed E-state index contributed by atoms with van der Waals surface area (Å²) in [6.07, 6.45) is 0.915. The summed E-state index contributed by atoms with van der Waals surface area (Å²) in [5, 5.41) is 2.39. The smallest absolute Gasteiger partial charge is 0.269 e. The van der Waals surface area contributed by atoms with Crippen LogP contribution in [0.15, 0.2) is 35.8 Å². The lowest BCUT2D eigenvalue weighted by atomic mass is 10.3. The second kappa shape index (κ2) is 5.79. The van der Waals surface area contributed by atoms with Crippen molar-refractivity contribution in [3.63, 3.8) is 0 Å². The van der Waals surface area contributed by atoms with E-state index in [1.165, 1.54) is 34.4 Å². The number of likely N-dealkylation sites (N-methyl/N-ethyl adjacent to an activating group) is 1. The Hall–Kier alpha value is -1.95. The zero-order chi connectivity index (χ0) is 13.8. The van der Waals surface area contributed by atoms with Gasteiger partial charge in [-0.25, -0.2) is 9.37 Å². The zero-order valence-electron chi connectivity index (χ0n) is 10.5. The molecule has 0 fully saturated rings. The van der Waals surface area contributed by atoms with E-state index < -0.39 is 11.9 Å². The molecule has 0 N–H and O–H groups in total. The summed E-state index contributed by atoms with van der Waals surface area (Å²) in [6, 6.07) is 5.71. The summed E-state index contributed by atoms with van der Waals surface area (Å²) in [7, 11) is 1.63. The van der Waals surface area contributed by atoms with E-state index in [-0.39, 0.29) is 5.91 Å². The predicted molar refractivity (Wildman–Crippen MR) is 72.0 cm³/mol. The maximum absolute atomic E-state index is 13.0. The number of aromatic nitrogens is 1. The summed E-state index contributed by atoms with van der Waals surface area (Å²) in [4.78, 5) is 17.6. The molecular weight excluding hydrogens is 267 g/mol. The Bertz CT molecular complexity index is 560. The molecule has 1 amide bonds. The number of nitrogens with zero attached hydrogens (tertiary/aromatic N) is 2. The summed E-state index contributed by atoms with van der Waals surface area (Å²) < 4.78 is 18.4. The van der Waals surface area contributed by atoms with Gasteiger partial charge in [-0.15, -0.1) is 11.3 Å². The average molecular weight is 280 g/mol. The minimum atomic E-state index is -0.712. The minimum Gasteiger partial charge on any atom is -0.481 e. The van der Waals surface area contributed by atoms with Gasteiger partial charge < -0.3 is 4.74 Å². The molecule has 0 saturated carbocycles. The van der Waals surface area contributed by atoms with Gasteiger partial charge in [-0.2, -0.15) is 0 Å². The van der Waals surface area contributed by atoms with Crippen molar-refractivity contribution >= 4 is 22.4 Å². The lowest BCUT2D eigenvalue weighted by Gasteiger charge is -2.19. The van der Waals surface area contributed by atoms with E-state index in [1.54, 1.807) is 31.6 Å². The Labute approximate surface area is 114 Å². The third-order valence-corrected chi connectivity index (χ3v) is 3.34. The van der Waals surface area contributed by atoms with Crippen LogP contribution in [0.1, 0.15) is 6.92 Å². The molecule has 1 unspecified atom stereocenters. The van der Waals surface area contributed by atoms with Gasteiger partial charge in [0, 0.05) is 24.7 Å². The first kappa shape index (κ1) is 13.5. The molecule has 1 aromatic heterocycles. The fourth-order valence-electron chi connectivity index (χ4n) is 1.54. The molecule has 0 saturated heterocycles. The first-order chi connectivity index (χ1) is 9.08. The highest BCUT2D eigenvalue weighted by Gasteiger charge is 2.21. The van der Waals surface area contributed by atoms with Crippen LogP contribution in [0.2, 0.25) is 0 Å².